The molecule has 0 radical (unpaired) electrons. The summed E-state index contributed by atoms with van der Waals surface area (Å²) in [5.41, 5.74) is 3.71. The third kappa shape index (κ3) is 3.88. The molecule has 1 atom stereocenters. The lowest BCUT2D eigenvalue weighted by atomic mass is 9.89. The Morgan fingerprint density at radius 1 is 1.23 bits per heavy atom. The van der Waals surface area contributed by atoms with Crippen molar-refractivity contribution in [2.75, 3.05) is 18.5 Å². The lowest BCUT2D eigenvalue weighted by Gasteiger charge is -2.20. The van der Waals surface area contributed by atoms with Crippen molar-refractivity contribution in [1.82, 2.24) is 4.31 Å². The number of nitro groups is 1. The van der Waals surface area contributed by atoms with Gasteiger partial charge in [0.1, 0.15) is 5.69 Å². The Labute approximate surface area is 153 Å². The zero-order valence-electron chi connectivity index (χ0n) is 14.8. The van der Waals surface area contributed by atoms with E-state index in [1.54, 1.807) is 0 Å². The normalized spacial score (nSPS) is 23.3. The number of nitro benzene ring substituents is 1. The molecule has 1 aliphatic heterocycles. The average molecular weight is 380 g/mol. The van der Waals surface area contributed by atoms with Crippen LogP contribution in [0.2, 0.25) is 0 Å². The van der Waals surface area contributed by atoms with Gasteiger partial charge in [0.2, 0.25) is 10.0 Å². The van der Waals surface area contributed by atoms with Crippen LogP contribution in [0.3, 0.4) is 0 Å². The second kappa shape index (κ2) is 7.71. The smallest absolute Gasteiger partial charge is 0.272 e. The van der Waals surface area contributed by atoms with Crippen molar-refractivity contribution < 1.29 is 13.3 Å². The fraction of sp³-hybridized carbons (Fsp3) is 0.588. The Kier molecular flexibility index (Phi) is 5.57. The quantitative estimate of drug-likeness (QED) is 0.623. The predicted molar refractivity (Wildman–Crippen MR) is 99.8 cm³/mol. The lowest BCUT2D eigenvalue weighted by molar-refractivity contribution is -0.384. The minimum atomic E-state index is -3.69. The molecule has 0 aromatic heterocycles. The first kappa shape index (κ1) is 18.8. The molecule has 8 nitrogen and oxygen atoms in total. The van der Waals surface area contributed by atoms with E-state index in [9.17, 15) is 18.5 Å². The molecule has 0 amide bonds. The molecule has 0 unspecified atom stereocenters. The summed E-state index contributed by atoms with van der Waals surface area (Å²) in [5, 5.41) is 15.8. The van der Waals surface area contributed by atoms with Crippen molar-refractivity contribution in [3.8, 4) is 0 Å². The fourth-order valence-electron chi connectivity index (χ4n) is 3.46. The van der Waals surface area contributed by atoms with Gasteiger partial charge >= 0.3 is 0 Å². The van der Waals surface area contributed by atoms with Crippen LogP contribution < -0.4 is 5.43 Å². The molecular formula is C17H24N4O4S. The van der Waals surface area contributed by atoms with Gasteiger partial charge in [0.15, 0.2) is 0 Å². The van der Waals surface area contributed by atoms with Gasteiger partial charge in [-0.05, 0) is 50.2 Å². The number of sulfonamides is 1. The molecule has 1 aromatic rings. The molecule has 1 aromatic carbocycles. The lowest BCUT2D eigenvalue weighted by Crippen LogP contribution is -2.27. The summed E-state index contributed by atoms with van der Waals surface area (Å²) >= 11 is 0. The third-order valence-electron chi connectivity index (χ3n) is 5.08. The standard InChI is InChI=1S/C17H24N4O4S/c1-13-6-2-3-7-15(13)18-19-16-9-8-14(12-17(16)21(22)23)26(24,25)20-10-4-5-11-20/h8-9,12-13,19H,2-7,10-11H2,1H3/t13-/m1/s1. The van der Waals surface area contributed by atoms with Gasteiger partial charge in [0.25, 0.3) is 5.69 Å². The van der Waals surface area contributed by atoms with Crippen LogP contribution in [0.4, 0.5) is 11.4 Å². The van der Waals surface area contributed by atoms with Gasteiger partial charge in [-0.15, -0.1) is 0 Å². The summed E-state index contributed by atoms with van der Waals surface area (Å²) < 4.78 is 26.6. The van der Waals surface area contributed by atoms with Gasteiger partial charge in [-0.1, -0.05) is 13.3 Å². The van der Waals surface area contributed by atoms with E-state index in [2.05, 4.69) is 17.5 Å². The van der Waals surface area contributed by atoms with Gasteiger partial charge in [-0.3, -0.25) is 15.5 Å². The summed E-state index contributed by atoms with van der Waals surface area (Å²) in [6.45, 7) is 3.02. The number of hydrazone groups is 1. The van der Waals surface area contributed by atoms with Crippen LogP contribution in [0.15, 0.2) is 28.2 Å². The average Bonchev–Trinajstić information content (AvgIpc) is 3.16. The maximum atomic E-state index is 12.6. The number of nitrogens with one attached hydrogen (secondary N) is 1. The van der Waals surface area contributed by atoms with Crippen molar-refractivity contribution in [3.05, 3.63) is 28.3 Å². The molecule has 142 valence electrons. The number of rotatable bonds is 5. The number of hydrogen-bond acceptors (Lipinski definition) is 6. The van der Waals surface area contributed by atoms with E-state index < -0.39 is 14.9 Å². The first-order chi connectivity index (χ1) is 12.4. The first-order valence-electron chi connectivity index (χ1n) is 9.00. The maximum Gasteiger partial charge on any atom is 0.295 e. The molecule has 2 aliphatic rings. The Hall–Kier alpha value is -2.00. The van der Waals surface area contributed by atoms with Gasteiger partial charge in [-0.2, -0.15) is 9.41 Å². The Morgan fingerprint density at radius 3 is 2.62 bits per heavy atom. The molecule has 0 bridgehead atoms. The minimum Gasteiger partial charge on any atom is -0.272 e. The van der Waals surface area contributed by atoms with Crippen LogP contribution in [0.25, 0.3) is 0 Å². The largest absolute Gasteiger partial charge is 0.295 e. The Bertz CT molecular complexity index is 816. The molecule has 1 N–H and O–H groups in total. The van der Waals surface area contributed by atoms with E-state index in [0.29, 0.717) is 19.0 Å². The van der Waals surface area contributed by atoms with Gasteiger partial charge in [-0.25, -0.2) is 8.42 Å². The van der Waals surface area contributed by atoms with E-state index in [-0.39, 0.29) is 16.3 Å². The van der Waals surface area contributed by atoms with Crippen molar-refractivity contribution in [3.63, 3.8) is 0 Å². The molecule has 1 heterocycles. The summed E-state index contributed by atoms with van der Waals surface area (Å²) in [5.74, 6) is 0.352. The van der Waals surface area contributed by atoms with Crippen LogP contribution in [0.5, 0.6) is 0 Å². The second-order valence-electron chi connectivity index (χ2n) is 6.91. The Morgan fingerprint density at radius 2 is 1.96 bits per heavy atom. The van der Waals surface area contributed by atoms with E-state index in [1.165, 1.54) is 22.9 Å². The number of benzene rings is 1. The molecule has 2 fully saturated rings. The number of hydrogen-bond donors (Lipinski definition) is 1. The first-order valence-corrected chi connectivity index (χ1v) is 10.4. The third-order valence-corrected chi connectivity index (χ3v) is 6.97. The summed E-state index contributed by atoms with van der Waals surface area (Å²) in [6, 6.07) is 3.96. The number of anilines is 1. The molecule has 26 heavy (non-hydrogen) atoms. The minimum absolute atomic E-state index is 0.0460. The molecular weight excluding hydrogens is 356 g/mol. The van der Waals surface area contributed by atoms with Crippen LogP contribution in [0.1, 0.15) is 45.4 Å². The summed E-state index contributed by atoms with van der Waals surface area (Å²) in [6.07, 6.45) is 5.82. The SMILES string of the molecule is C[C@@H]1CCCCC1=NNc1ccc(S(=O)(=O)N2CCCC2)cc1[N+](=O)[O-]. The highest BCUT2D eigenvalue weighted by atomic mass is 32.2. The van der Waals surface area contributed by atoms with E-state index in [0.717, 1.165) is 43.9 Å². The molecule has 3 rings (SSSR count). The zero-order valence-corrected chi connectivity index (χ0v) is 15.7. The fourth-order valence-corrected chi connectivity index (χ4v) is 5.00. The van der Waals surface area contributed by atoms with Gasteiger partial charge < -0.3 is 0 Å². The molecule has 0 spiro atoms. The number of nitrogens with zero attached hydrogens (tertiary/aromatic N) is 3. The van der Waals surface area contributed by atoms with E-state index in [1.807, 2.05) is 0 Å². The second-order valence-corrected chi connectivity index (χ2v) is 8.85. The van der Waals surface area contributed by atoms with Gasteiger partial charge in [0, 0.05) is 24.9 Å². The Balaban J connectivity index is 1.87. The van der Waals surface area contributed by atoms with Crippen molar-refractivity contribution in [1.29, 1.82) is 0 Å². The van der Waals surface area contributed by atoms with E-state index >= 15 is 0 Å². The molecule has 1 saturated heterocycles. The highest BCUT2D eigenvalue weighted by Gasteiger charge is 2.29. The van der Waals surface area contributed by atoms with Crippen molar-refractivity contribution >= 4 is 27.1 Å². The monoisotopic (exact) mass is 380 g/mol. The van der Waals surface area contributed by atoms with Gasteiger partial charge in [0.05, 0.1) is 9.82 Å². The molecule has 1 aliphatic carbocycles. The topological polar surface area (TPSA) is 105 Å². The van der Waals surface area contributed by atoms with Crippen LogP contribution >= 0.6 is 0 Å². The predicted octanol–water partition coefficient (Wildman–Crippen LogP) is 3.36. The highest BCUT2D eigenvalue weighted by molar-refractivity contribution is 7.89. The van der Waals surface area contributed by atoms with Crippen LogP contribution in [-0.2, 0) is 10.0 Å². The van der Waals surface area contributed by atoms with Crippen molar-refractivity contribution in [2.45, 2.75) is 50.3 Å². The highest BCUT2D eigenvalue weighted by Crippen LogP contribution is 2.30. The molecule has 9 heteroatoms. The van der Waals surface area contributed by atoms with Crippen LogP contribution in [-0.4, -0.2) is 36.4 Å². The maximum absolute atomic E-state index is 12.6. The zero-order chi connectivity index (χ0) is 18.7. The summed E-state index contributed by atoms with van der Waals surface area (Å²) in [7, 11) is -3.69. The van der Waals surface area contributed by atoms with Crippen LogP contribution in [0, 0.1) is 16.0 Å². The molecule has 1 saturated carbocycles. The summed E-state index contributed by atoms with van der Waals surface area (Å²) in [4.78, 5) is 10.8. The van der Waals surface area contributed by atoms with E-state index in [4.69, 9.17) is 0 Å². The van der Waals surface area contributed by atoms with Crippen molar-refractivity contribution in [2.24, 2.45) is 11.0 Å².